The maximum Gasteiger partial charge on any atom is 0.357 e. The van der Waals surface area contributed by atoms with Crippen LogP contribution in [0.3, 0.4) is 0 Å². The van der Waals surface area contributed by atoms with E-state index in [4.69, 9.17) is 16.3 Å². The molecule has 0 fully saturated rings. The smallest absolute Gasteiger partial charge is 0.357 e. The molecule has 1 unspecified atom stereocenters. The molecule has 0 aromatic carbocycles. The maximum atomic E-state index is 12.1. The largest absolute Gasteiger partial charge is 0.464 e. The standard InChI is InChI=1S/C14H21ClN2O4S/c1-4-21-7-5-6-17(13(18)10(2)15)8-12-16-11(9-22-12)14(19)20-3/h9-10H,4-8H2,1-3H3. The number of amides is 1. The number of hydrogen-bond donors (Lipinski definition) is 0. The zero-order valence-electron chi connectivity index (χ0n) is 13.0. The highest BCUT2D eigenvalue weighted by molar-refractivity contribution is 7.09. The fraction of sp³-hybridized carbons (Fsp3) is 0.643. The third-order valence-electron chi connectivity index (χ3n) is 2.85. The predicted octanol–water partition coefficient (Wildman–Crippen LogP) is 2.31. The molecule has 124 valence electrons. The molecule has 0 saturated carbocycles. The summed E-state index contributed by atoms with van der Waals surface area (Å²) in [5.41, 5.74) is 0.253. The van der Waals surface area contributed by atoms with E-state index in [1.807, 2.05) is 6.92 Å². The van der Waals surface area contributed by atoms with Crippen molar-refractivity contribution >= 4 is 34.8 Å². The number of thiazole rings is 1. The lowest BCUT2D eigenvalue weighted by atomic mass is 10.3. The second kappa shape index (κ2) is 9.76. The van der Waals surface area contributed by atoms with Crippen LogP contribution in [0.4, 0.5) is 0 Å². The van der Waals surface area contributed by atoms with Gasteiger partial charge in [-0.25, -0.2) is 9.78 Å². The van der Waals surface area contributed by atoms with Crippen molar-refractivity contribution in [3.63, 3.8) is 0 Å². The zero-order chi connectivity index (χ0) is 16.5. The number of rotatable bonds is 9. The van der Waals surface area contributed by atoms with Gasteiger partial charge in [-0.1, -0.05) is 0 Å². The van der Waals surface area contributed by atoms with Gasteiger partial charge in [0, 0.05) is 25.1 Å². The van der Waals surface area contributed by atoms with Gasteiger partial charge in [-0.2, -0.15) is 0 Å². The molecule has 22 heavy (non-hydrogen) atoms. The van der Waals surface area contributed by atoms with Gasteiger partial charge < -0.3 is 14.4 Å². The minimum Gasteiger partial charge on any atom is -0.464 e. The molecule has 0 aliphatic rings. The molecule has 1 aromatic heterocycles. The minimum atomic E-state index is -0.605. The SMILES string of the molecule is CCOCCCN(Cc1nc(C(=O)OC)cs1)C(=O)C(C)Cl. The van der Waals surface area contributed by atoms with Gasteiger partial charge in [-0.15, -0.1) is 22.9 Å². The van der Waals surface area contributed by atoms with Crippen molar-refractivity contribution in [3.05, 3.63) is 16.1 Å². The van der Waals surface area contributed by atoms with Crippen LogP contribution in [0.5, 0.6) is 0 Å². The average molecular weight is 349 g/mol. The lowest BCUT2D eigenvalue weighted by Gasteiger charge is -2.22. The lowest BCUT2D eigenvalue weighted by molar-refractivity contribution is -0.131. The first-order valence-corrected chi connectivity index (χ1v) is 8.34. The Morgan fingerprint density at radius 3 is 2.82 bits per heavy atom. The summed E-state index contributed by atoms with van der Waals surface area (Å²) in [7, 11) is 1.31. The van der Waals surface area contributed by atoms with Gasteiger partial charge in [-0.05, 0) is 20.3 Å². The molecule has 0 radical (unpaired) electrons. The van der Waals surface area contributed by atoms with E-state index in [1.165, 1.54) is 18.4 Å². The first-order chi connectivity index (χ1) is 10.5. The van der Waals surface area contributed by atoms with Crippen molar-refractivity contribution in [2.24, 2.45) is 0 Å². The number of carbonyl (C=O) groups is 2. The number of hydrogen-bond acceptors (Lipinski definition) is 6. The minimum absolute atomic E-state index is 0.159. The van der Waals surface area contributed by atoms with Gasteiger partial charge >= 0.3 is 5.97 Å². The van der Waals surface area contributed by atoms with Crippen LogP contribution < -0.4 is 0 Å². The Morgan fingerprint density at radius 1 is 1.50 bits per heavy atom. The Kier molecular flexibility index (Phi) is 8.37. The summed E-state index contributed by atoms with van der Waals surface area (Å²) >= 11 is 7.21. The Balaban J connectivity index is 2.68. The monoisotopic (exact) mass is 348 g/mol. The topological polar surface area (TPSA) is 68.7 Å². The maximum absolute atomic E-state index is 12.1. The number of halogens is 1. The van der Waals surface area contributed by atoms with Crippen LogP contribution in [0.1, 0.15) is 35.8 Å². The second-order valence-electron chi connectivity index (χ2n) is 4.54. The third-order valence-corrected chi connectivity index (χ3v) is 3.87. The number of alkyl halides is 1. The van der Waals surface area contributed by atoms with E-state index in [0.29, 0.717) is 31.3 Å². The van der Waals surface area contributed by atoms with Crippen LogP contribution in [0.25, 0.3) is 0 Å². The van der Waals surface area contributed by atoms with E-state index in [0.717, 1.165) is 6.42 Å². The van der Waals surface area contributed by atoms with Gasteiger partial charge in [-0.3, -0.25) is 4.79 Å². The van der Waals surface area contributed by atoms with Crippen LogP contribution in [0, 0.1) is 0 Å². The molecule has 0 aliphatic carbocycles. The number of ether oxygens (including phenoxy) is 2. The van der Waals surface area contributed by atoms with Gasteiger partial charge in [0.05, 0.1) is 13.7 Å². The summed E-state index contributed by atoms with van der Waals surface area (Å²) in [6, 6.07) is 0. The van der Waals surface area contributed by atoms with Crippen LogP contribution in [-0.2, 0) is 20.8 Å². The molecule has 0 N–H and O–H groups in total. The fourth-order valence-corrected chi connectivity index (χ4v) is 2.68. The number of methoxy groups -OCH3 is 1. The number of nitrogens with zero attached hydrogens (tertiary/aromatic N) is 2. The Morgan fingerprint density at radius 2 is 2.23 bits per heavy atom. The Labute approximate surface area is 139 Å². The molecule has 1 rings (SSSR count). The number of aromatic nitrogens is 1. The fourth-order valence-electron chi connectivity index (χ4n) is 1.77. The second-order valence-corrected chi connectivity index (χ2v) is 6.14. The number of esters is 1. The average Bonchev–Trinajstić information content (AvgIpc) is 2.97. The summed E-state index contributed by atoms with van der Waals surface area (Å²) < 4.78 is 9.90. The van der Waals surface area contributed by atoms with E-state index in [9.17, 15) is 9.59 Å². The molecule has 6 nitrogen and oxygen atoms in total. The summed E-state index contributed by atoms with van der Waals surface area (Å²) in [5, 5.41) is 1.68. The first-order valence-electron chi connectivity index (χ1n) is 7.02. The molecule has 0 saturated heterocycles. The van der Waals surface area contributed by atoms with Gasteiger partial charge in [0.15, 0.2) is 5.69 Å². The summed E-state index contributed by atoms with van der Waals surface area (Å²) in [4.78, 5) is 29.4. The van der Waals surface area contributed by atoms with Crippen molar-refractivity contribution in [1.82, 2.24) is 9.88 Å². The molecule has 1 amide bonds. The third kappa shape index (κ3) is 5.90. The van der Waals surface area contributed by atoms with Crippen molar-refractivity contribution < 1.29 is 19.1 Å². The highest BCUT2D eigenvalue weighted by atomic mass is 35.5. The quantitative estimate of drug-likeness (QED) is 0.389. The van der Waals surface area contributed by atoms with Gasteiger partial charge in [0.2, 0.25) is 5.91 Å². The van der Waals surface area contributed by atoms with Crippen LogP contribution in [-0.4, -0.2) is 54.0 Å². The van der Waals surface area contributed by atoms with Crippen molar-refractivity contribution in [3.8, 4) is 0 Å². The summed E-state index contributed by atoms with van der Waals surface area (Å²) in [6.45, 7) is 5.65. The van der Waals surface area contributed by atoms with Crippen LogP contribution in [0.2, 0.25) is 0 Å². The van der Waals surface area contributed by atoms with E-state index in [2.05, 4.69) is 9.72 Å². The van der Waals surface area contributed by atoms with Crippen LogP contribution >= 0.6 is 22.9 Å². The number of carbonyl (C=O) groups excluding carboxylic acids is 2. The van der Waals surface area contributed by atoms with E-state index < -0.39 is 11.3 Å². The van der Waals surface area contributed by atoms with Crippen molar-refractivity contribution in [1.29, 1.82) is 0 Å². The Hall–Kier alpha value is -1.18. The highest BCUT2D eigenvalue weighted by Crippen LogP contribution is 2.15. The van der Waals surface area contributed by atoms with Crippen LogP contribution in [0.15, 0.2) is 5.38 Å². The Bertz CT molecular complexity index is 493. The van der Waals surface area contributed by atoms with E-state index in [1.54, 1.807) is 17.2 Å². The van der Waals surface area contributed by atoms with E-state index >= 15 is 0 Å². The molecule has 1 aromatic rings. The normalized spacial score (nSPS) is 12.0. The first kappa shape index (κ1) is 18.9. The van der Waals surface area contributed by atoms with Gasteiger partial charge in [0.25, 0.3) is 0 Å². The van der Waals surface area contributed by atoms with Crippen molar-refractivity contribution in [2.45, 2.75) is 32.2 Å². The van der Waals surface area contributed by atoms with Gasteiger partial charge in [0.1, 0.15) is 10.4 Å². The predicted molar refractivity (Wildman–Crippen MR) is 85.3 cm³/mol. The lowest BCUT2D eigenvalue weighted by Crippen LogP contribution is -2.36. The zero-order valence-corrected chi connectivity index (χ0v) is 14.6. The molecular formula is C14H21ClN2O4S. The molecule has 1 atom stereocenters. The molecule has 0 bridgehead atoms. The molecule has 8 heteroatoms. The molecule has 1 heterocycles. The molecular weight excluding hydrogens is 328 g/mol. The summed E-state index contributed by atoms with van der Waals surface area (Å²) in [5.74, 6) is -0.643. The summed E-state index contributed by atoms with van der Waals surface area (Å²) in [6.07, 6.45) is 0.721. The molecule has 0 spiro atoms. The highest BCUT2D eigenvalue weighted by Gasteiger charge is 2.20. The van der Waals surface area contributed by atoms with Crippen molar-refractivity contribution in [2.75, 3.05) is 26.9 Å². The molecule has 0 aliphatic heterocycles. The van der Waals surface area contributed by atoms with E-state index in [-0.39, 0.29) is 11.6 Å².